The molecule has 106 valence electrons. The standard InChI is InChI=1S/C18H23NO/c1-4-15-10-12-16(13-11-15)19-14(3)17-8-6-7-9-18(17)20-5-2/h6-14,19H,4-5H2,1-3H3. The van der Waals surface area contributed by atoms with Gasteiger partial charge in [0.15, 0.2) is 0 Å². The van der Waals surface area contributed by atoms with Gasteiger partial charge in [-0.2, -0.15) is 0 Å². The average Bonchev–Trinajstić information content (AvgIpc) is 2.49. The van der Waals surface area contributed by atoms with Crippen LogP contribution in [0.1, 0.15) is 37.9 Å². The van der Waals surface area contributed by atoms with Crippen LogP contribution in [0.15, 0.2) is 48.5 Å². The summed E-state index contributed by atoms with van der Waals surface area (Å²) in [7, 11) is 0. The van der Waals surface area contributed by atoms with E-state index in [0.717, 1.165) is 17.9 Å². The van der Waals surface area contributed by atoms with Crippen LogP contribution in [0, 0.1) is 0 Å². The van der Waals surface area contributed by atoms with Gasteiger partial charge in [-0.15, -0.1) is 0 Å². The summed E-state index contributed by atoms with van der Waals surface area (Å²) >= 11 is 0. The van der Waals surface area contributed by atoms with E-state index in [2.05, 4.69) is 55.6 Å². The zero-order valence-electron chi connectivity index (χ0n) is 12.5. The Balaban J connectivity index is 2.12. The van der Waals surface area contributed by atoms with E-state index >= 15 is 0 Å². The molecule has 0 bridgehead atoms. The largest absolute Gasteiger partial charge is 0.494 e. The maximum atomic E-state index is 5.69. The Morgan fingerprint density at radius 1 is 1.00 bits per heavy atom. The molecule has 2 rings (SSSR count). The van der Waals surface area contributed by atoms with E-state index in [-0.39, 0.29) is 6.04 Å². The Kier molecular flexibility index (Phi) is 5.05. The molecule has 2 nitrogen and oxygen atoms in total. The van der Waals surface area contributed by atoms with Gasteiger partial charge in [0.1, 0.15) is 5.75 Å². The number of ether oxygens (including phenoxy) is 1. The van der Waals surface area contributed by atoms with Crippen LogP contribution in [0.3, 0.4) is 0 Å². The minimum absolute atomic E-state index is 0.213. The SMILES string of the molecule is CCOc1ccccc1C(C)Nc1ccc(CC)cc1. The van der Waals surface area contributed by atoms with Crippen LogP contribution in [-0.4, -0.2) is 6.61 Å². The Bertz CT molecular complexity index is 533. The summed E-state index contributed by atoms with van der Waals surface area (Å²) in [6, 6.07) is 17.0. The van der Waals surface area contributed by atoms with Crippen LogP contribution < -0.4 is 10.1 Å². The number of hydrogen-bond donors (Lipinski definition) is 1. The van der Waals surface area contributed by atoms with E-state index in [9.17, 15) is 0 Å². The molecule has 0 fully saturated rings. The minimum atomic E-state index is 0.213. The summed E-state index contributed by atoms with van der Waals surface area (Å²) < 4.78 is 5.69. The second-order valence-corrected chi connectivity index (χ2v) is 4.89. The molecule has 1 N–H and O–H groups in total. The van der Waals surface area contributed by atoms with Crippen molar-refractivity contribution in [1.82, 2.24) is 0 Å². The fourth-order valence-corrected chi connectivity index (χ4v) is 2.29. The molecule has 0 saturated heterocycles. The van der Waals surface area contributed by atoms with Crippen molar-refractivity contribution in [3.05, 3.63) is 59.7 Å². The predicted molar refractivity (Wildman–Crippen MR) is 85.5 cm³/mol. The fourth-order valence-electron chi connectivity index (χ4n) is 2.29. The highest BCUT2D eigenvalue weighted by atomic mass is 16.5. The Hall–Kier alpha value is -1.96. The molecule has 0 aromatic heterocycles. The van der Waals surface area contributed by atoms with Crippen molar-refractivity contribution in [2.24, 2.45) is 0 Å². The van der Waals surface area contributed by atoms with Gasteiger partial charge in [0.05, 0.1) is 12.6 Å². The number of para-hydroxylation sites is 1. The zero-order valence-corrected chi connectivity index (χ0v) is 12.5. The summed E-state index contributed by atoms with van der Waals surface area (Å²) in [4.78, 5) is 0. The highest BCUT2D eigenvalue weighted by Crippen LogP contribution is 2.27. The minimum Gasteiger partial charge on any atom is -0.494 e. The van der Waals surface area contributed by atoms with Crippen molar-refractivity contribution >= 4 is 5.69 Å². The van der Waals surface area contributed by atoms with Crippen LogP contribution >= 0.6 is 0 Å². The zero-order chi connectivity index (χ0) is 14.4. The summed E-state index contributed by atoms with van der Waals surface area (Å²) in [6.45, 7) is 7.03. The van der Waals surface area contributed by atoms with Crippen LogP contribution in [0.5, 0.6) is 5.75 Å². The predicted octanol–water partition coefficient (Wildman–Crippen LogP) is 4.82. The Morgan fingerprint density at radius 3 is 2.35 bits per heavy atom. The highest BCUT2D eigenvalue weighted by Gasteiger charge is 2.10. The molecule has 0 aliphatic rings. The third kappa shape index (κ3) is 3.53. The average molecular weight is 269 g/mol. The maximum absolute atomic E-state index is 5.69. The van der Waals surface area contributed by atoms with Crippen molar-refractivity contribution in [1.29, 1.82) is 0 Å². The van der Waals surface area contributed by atoms with Crippen LogP contribution in [0.4, 0.5) is 5.69 Å². The second-order valence-electron chi connectivity index (χ2n) is 4.89. The lowest BCUT2D eigenvalue weighted by Gasteiger charge is -2.19. The van der Waals surface area contributed by atoms with Gasteiger partial charge in [-0.1, -0.05) is 37.3 Å². The van der Waals surface area contributed by atoms with E-state index in [1.807, 2.05) is 19.1 Å². The third-order valence-electron chi connectivity index (χ3n) is 3.43. The van der Waals surface area contributed by atoms with Crippen LogP contribution in [-0.2, 0) is 6.42 Å². The summed E-state index contributed by atoms with van der Waals surface area (Å²) in [5, 5.41) is 3.53. The normalized spacial score (nSPS) is 11.9. The Labute approximate surface area is 121 Å². The topological polar surface area (TPSA) is 21.3 Å². The van der Waals surface area contributed by atoms with Gasteiger partial charge < -0.3 is 10.1 Å². The molecule has 0 saturated carbocycles. The first kappa shape index (κ1) is 14.4. The number of hydrogen-bond acceptors (Lipinski definition) is 2. The number of rotatable bonds is 6. The molecule has 2 aromatic carbocycles. The third-order valence-corrected chi connectivity index (χ3v) is 3.43. The van der Waals surface area contributed by atoms with Crippen molar-refractivity contribution in [2.75, 3.05) is 11.9 Å². The quantitative estimate of drug-likeness (QED) is 0.811. The molecular weight excluding hydrogens is 246 g/mol. The van der Waals surface area contributed by atoms with E-state index in [1.165, 1.54) is 11.1 Å². The van der Waals surface area contributed by atoms with Crippen LogP contribution in [0.25, 0.3) is 0 Å². The molecule has 20 heavy (non-hydrogen) atoms. The number of benzene rings is 2. The van der Waals surface area contributed by atoms with Crippen molar-refractivity contribution in [3.63, 3.8) is 0 Å². The van der Waals surface area contributed by atoms with Crippen molar-refractivity contribution in [2.45, 2.75) is 33.2 Å². The number of nitrogens with one attached hydrogen (secondary N) is 1. The molecule has 1 unspecified atom stereocenters. The van der Waals surface area contributed by atoms with E-state index in [0.29, 0.717) is 6.61 Å². The highest BCUT2D eigenvalue weighted by molar-refractivity contribution is 5.48. The van der Waals surface area contributed by atoms with Gasteiger partial charge in [-0.3, -0.25) is 0 Å². The smallest absolute Gasteiger partial charge is 0.124 e. The Morgan fingerprint density at radius 2 is 1.70 bits per heavy atom. The van der Waals surface area contributed by atoms with Gasteiger partial charge >= 0.3 is 0 Å². The first-order chi connectivity index (χ1) is 9.74. The number of aryl methyl sites for hydroxylation is 1. The maximum Gasteiger partial charge on any atom is 0.124 e. The molecule has 2 heteroatoms. The van der Waals surface area contributed by atoms with E-state index in [1.54, 1.807) is 0 Å². The molecule has 1 atom stereocenters. The summed E-state index contributed by atoms with van der Waals surface area (Å²) in [5.74, 6) is 0.958. The lowest BCUT2D eigenvalue weighted by atomic mass is 10.1. The molecule has 0 heterocycles. The first-order valence-corrected chi connectivity index (χ1v) is 7.31. The van der Waals surface area contributed by atoms with E-state index in [4.69, 9.17) is 4.74 Å². The monoisotopic (exact) mass is 269 g/mol. The second kappa shape index (κ2) is 6.99. The molecule has 0 spiro atoms. The molecule has 0 aliphatic heterocycles. The van der Waals surface area contributed by atoms with Crippen LogP contribution in [0.2, 0.25) is 0 Å². The molecule has 0 radical (unpaired) electrons. The van der Waals surface area contributed by atoms with Crippen molar-refractivity contribution in [3.8, 4) is 5.75 Å². The molecular formula is C18H23NO. The summed E-state index contributed by atoms with van der Waals surface area (Å²) in [6.07, 6.45) is 1.07. The summed E-state index contributed by atoms with van der Waals surface area (Å²) in [5.41, 5.74) is 3.69. The van der Waals surface area contributed by atoms with Gasteiger partial charge in [0.25, 0.3) is 0 Å². The molecule has 0 amide bonds. The van der Waals surface area contributed by atoms with Gasteiger partial charge in [-0.25, -0.2) is 0 Å². The van der Waals surface area contributed by atoms with Gasteiger partial charge in [0.2, 0.25) is 0 Å². The molecule has 2 aromatic rings. The van der Waals surface area contributed by atoms with E-state index < -0.39 is 0 Å². The lowest BCUT2D eigenvalue weighted by molar-refractivity contribution is 0.335. The fraction of sp³-hybridized carbons (Fsp3) is 0.333. The lowest BCUT2D eigenvalue weighted by Crippen LogP contribution is -2.08. The van der Waals surface area contributed by atoms with Gasteiger partial charge in [0, 0.05) is 11.3 Å². The number of anilines is 1. The van der Waals surface area contributed by atoms with Crippen molar-refractivity contribution < 1.29 is 4.74 Å². The first-order valence-electron chi connectivity index (χ1n) is 7.31. The molecule has 0 aliphatic carbocycles. The van der Waals surface area contributed by atoms with Gasteiger partial charge in [-0.05, 0) is 44.0 Å².